The Morgan fingerprint density at radius 2 is 2.29 bits per heavy atom. The van der Waals surface area contributed by atoms with E-state index in [1.54, 1.807) is 7.11 Å². The van der Waals surface area contributed by atoms with Crippen molar-refractivity contribution in [3.8, 4) is 0 Å². The van der Waals surface area contributed by atoms with Crippen molar-refractivity contribution in [2.24, 2.45) is 5.73 Å². The molecular weight excluding hydrogens is 178 g/mol. The fourth-order valence-electron chi connectivity index (χ4n) is 1.44. The van der Waals surface area contributed by atoms with Crippen molar-refractivity contribution in [1.29, 1.82) is 0 Å². The molecule has 1 rings (SSSR count). The van der Waals surface area contributed by atoms with Crippen molar-refractivity contribution >= 4 is 0 Å². The number of rotatable bonds is 5. The summed E-state index contributed by atoms with van der Waals surface area (Å²) in [5.41, 5.74) is 6.86. The number of methoxy groups -OCH3 is 1. The van der Waals surface area contributed by atoms with E-state index in [1.807, 2.05) is 17.1 Å². The van der Waals surface area contributed by atoms with Crippen LogP contribution in [-0.2, 0) is 16.8 Å². The Morgan fingerprint density at radius 1 is 1.57 bits per heavy atom. The number of hydrogen-bond donors (Lipinski definition) is 1. The SMILES string of the molecule is CCn1cc(C(N)(CC)COC)cn1. The third kappa shape index (κ3) is 2.13. The second kappa shape index (κ2) is 4.57. The van der Waals surface area contributed by atoms with E-state index in [0.29, 0.717) is 6.61 Å². The lowest BCUT2D eigenvalue weighted by Crippen LogP contribution is -2.40. The standard InChI is InChI=1S/C10H19N3O/c1-4-10(11,8-14-3)9-6-12-13(5-2)7-9/h6-7H,4-5,8,11H2,1-3H3. The van der Waals surface area contributed by atoms with E-state index in [1.165, 1.54) is 0 Å². The third-order valence-electron chi connectivity index (χ3n) is 2.56. The van der Waals surface area contributed by atoms with E-state index in [2.05, 4.69) is 18.9 Å². The monoisotopic (exact) mass is 197 g/mol. The maximum Gasteiger partial charge on any atom is 0.0685 e. The van der Waals surface area contributed by atoms with Crippen LogP contribution < -0.4 is 5.73 Å². The highest BCUT2D eigenvalue weighted by atomic mass is 16.5. The number of aromatic nitrogens is 2. The number of ether oxygens (including phenoxy) is 1. The predicted molar refractivity (Wildman–Crippen MR) is 55.9 cm³/mol. The molecule has 1 aromatic rings. The second-order valence-electron chi connectivity index (χ2n) is 3.53. The summed E-state index contributed by atoms with van der Waals surface area (Å²) in [6.07, 6.45) is 4.66. The van der Waals surface area contributed by atoms with E-state index in [0.717, 1.165) is 18.5 Å². The molecule has 0 aliphatic carbocycles. The Hall–Kier alpha value is -0.870. The molecule has 4 heteroatoms. The first-order valence-electron chi connectivity index (χ1n) is 4.97. The second-order valence-corrected chi connectivity index (χ2v) is 3.53. The lowest BCUT2D eigenvalue weighted by atomic mass is 9.92. The maximum absolute atomic E-state index is 6.22. The summed E-state index contributed by atoms with van der Waals surface area (Å²) in [6.45, 7) is 5.51. The number of hydrogen-bond acceptors (Lipinski definition) is 3. The first kappa shape index (κ1) is 11.2. The van der Waals surface area contributed by atoms with Crippen LogP contribution in [0.15, 0.2) is 12.4 Å². The van der Waals surface area contributed by atoms with Gasteiger partial charge in [-0.1, -0.05) is 6.92 Å². The van der Waals surface area contributed by atoms with Gasteiger partial charge in [0.1, 0.15) is 0 Å². The van der Waals surface area contributed by atoms with Crippen LogP contribution in [0.2, 0.25) is 0 Å². The van der Waals surface area contributed by atoms with E-state index >= 15 is 0 Å². The van der Waals surface area contributed by atoms with E-state index in [9.17, 15) is 0 Å². The lowest BCUT2D eigenvalue weighted by molar-refractivity contribution is 0.129. The molecule has 1 aromatic heterocycles. The minimum Gasteiger partial charge on any atom is -0.382 e. The average Bonchev–Trinajstić information content (AvgIpc) is 2.66. The molecule has 1 atom stereocenters. The predicted octanol–water partition coefficient (Wildman–Crippen LogP) is 1.11. The van der Waals surface area contributed by atoms with E-state index in [-0.39, 0.29) is 0 Å². The van der Waals surface area contributed by atoms with E-state index in [4.69, 9.17) is 10.5 Å². The molecule has 0 bridgehead atoms. The molecule has 2 N–H and O–H groups in total. The highest BCUT2D eigenvalue weighted by molar-refractivity contribution is 5.17. The van der Waals surface area contributed by atoms with Crippen molar-refractivity contribution in [1.82, 2.24) is 9.78 Å². The fourth-order valence-corrected chi connectivity index (χ4v) is 1.44. The zero-order valence-electron chi connectivity index (χ0n) is 9.16. The van der Waals surface area contributed by atoms with Crippen LogP contribution in [0.25, 0.3) is 0 Å². The first-order chi connectivity index (χ1) is 6.66. The van der Waals surface area contributed by atoms with Gasteiger partial charge in [-0.05, 0) is 13.3 Å². The van der Waals surface area contributed by atoms with Crippen LogP contribution in [-0.4, -0.2) is 23.5 Å². The van der Waals surface area contributed by atoms with Crippen molar-refractivity contribution in [2.75, 3.05) is 13.7 Å². The minimum absolute atomic E-state index is 0.401. The van der Waals surface area contributed by atoms with E-state index < -0.39 is 5.54 Å². The van der Waals surface area contributed by atoms with Crippen molar-refractivity contribution in [3.05, 3.63) is 18.0 Å². The summed E-state index contributed by atoms with van der Waals surface area (Å²) < 4.78 is 7.01. The summed E-state index contributed by atoms with van der Waals surface area (Å²) in [7, 11) is 1.67. The molecule has 0 amide bonds. The van der Waals surface area contributed by atoms with Crippen LogP contribution in [0, 0.1) is 0 Å². The van der Waals surface area contributed by atoms with Gasteiger partial charge in [-0.15, -0.1) is 0 Å². The van der Waals surface area contributed by atoms with Crippen molar-refractivity contribution in [2.45, 2.75) is 32.4 Å². The highest BCUT2D eigenvalue weighted by Gasteiger charge is 2.26. The smallest absolute Gasteiger partial charge is 0.0685 e. The molecule has 0 saturated carbocycles. The molecule has 14 heavy (non-hydrogen) atoms. The number of nitrogens with two attached hydrogens (primary N) is 1. The Kier molecular flexibility index (Phi) is 3.66. The van der Waals surface area contributed by atoms with Crippen LogP contribution in [0.5, 0.6) is 0 Å². The van der Waals surface area contributed by atoms with Gasteiger partial charge in [0, 0.05) is 25.4 Å². The molecule has 4 nitrogen and oxygen atoms in total. The summed E-state index contributed by atoms with van der Waals surface area (Å²) in [4.78, 5) is 0. The highest BCUT2D eigenvalue weighted by Crippen LogP contribution is 2.21. The summed E-state index contributed by atoms with van der Waals surface area (Å²) in [5.74, 6) is 0. The summed E-state index contributed by atoms with van der Waals surface area (Å²) in [6, 6.07) is 0. The largest absolute Gasteiger partial charge is 0.382 e. The van der Waals surface area contributed by atoms with Crippen LogP contribution in [0.4, 0.5) is 0 Å². The van der Waals surface area contributed by atoms with Crippen LogP contribution in [0.3, 0.4) is 0 Å². The molecule has 0 aromatic carbocycles. The van der Waals surface area contributed by atoms with Gasteiger partial charge in [0.15, 0.2) is 0 Å². The summed E-state index contributed by atoms with van der Waals surface area (Å²) in [5, 5.41) is 4.21. The zero-order valence-corrected chi connectivity index (χ0v) is 9.16. The van der Waals surface area contributed by atoms with Gasteiger partial charge in [-0.25, -0.2) is 0 Å². The Labute approximate surface area is 85.0 Å². The Bertz CT molecular complexity index is 285. The summed E-state index contributed by atoms with van der Waals surface area (Å²) >= 11 is 0. The average molecular weight is 197 g/mol. The van der Waals surface area contributed by atoms with Gasteiger partial charge in [0.05, 0.1) is 18.3 Å². The molecule has 1 unspecified atom stereocenters. The molecule has 0 radical (unpaired) electrons. The molecular formula is C10H19N3O. The quantitative estimate of drug-likeness (QED) is 0.769. The van der Waals surface area contributed by atoms with Gasteiger partial charge in [0.25, 0.3) is 0 Å². The Morgan fingerprint density at radius 3 is 2.71 bits per heavy atom. The topological polar surface area (TPSA) is 53.1 Å². The maximum atomic E-state index is 6.22. The van der Waals surface area contributed by atoms with Gasteiger partial charge in [-0.3, -0.25) is 4.68 Å². The molecule has 1 heterocycles. The van der Waals surface area contributed by atoms with Gasteiger partial charge >= 0.3 is 0 Å². The molecule has 0 aliphatic heterocycles. The molecule has 0 aliphatic rings. The number of aryl methyl sites for hydroxylation is 1. The Balaban J connectivity index is 2.87. The fraction of sp³-hybridized carbons (Fsp3) is 0.700. The van der Waals surface area contributed by atoms with Gasteiger partial charge in [0.2, 0.25) is 0 Å². The minimum atomic E-state index is -0.401. The van der Waals surface area contributed by atoms with Crippen molar-refractivity contribution < 1.29 is 4.74 Å². The van der Waals surface area contributed by atoms with Crippen molar-refractivity contribution in [3.63, 3.8) is 0 Å². The number of nitrogens with zero attached hydrogens (tertiary/aromatic N) is 2. The third-order valence-corrected chi connectivity index (χ3v) is 2.56. The van der Waals surface area contributed by atoms with Crippen LogP contribution >= 0.6 is 0 Å². The molecule has 0 fully saturated rings. The molecule has 0 spiro atoms. The van der Waals surface area contributed by atoms with Gasteiger partial charge in [-0.2, -0.15) is 5.10 Å². The zero-order chi connectivity index (χ0) is 10.6. The lowest BCUT2D eigenvalue weighted by Gasteiger charge is -2.25. The first-order valence-corrected chi connectivity index (χ1v) is 4.97. The molecule has 80 valence electrons. The van der Waals surface area contributed by atoms with Gasteiger partial charge < -0.3 is 10.5 Å². The molecule has 0 saturated heterocycles. The van der Waals surface area contributed by atoms with Crippen LogP contribution in [0.1, 0.15) is 25.8 Å². The normalized spacial score (nSPS) is 15.4.